The van der Waals surface area contributed by atoms with E-state index in [-0.39, 0.29) is 0 Å². The lowest BCUT2D eigenvalue weighted by Gasteiger charge is -2.10. The SMILES string of the molecule is CCC(C)CC(Cl)CC. The van der Waals surface area contributed by atoms with Gasteiger partial charge in [0.05, 0.1) is 0 Å². The van der Waals surface area contributed by atoms with E-state index in [4.69, 9.17) is 11.6 Å². The highest BCUT2D eigenvalue weighted by Crippen LogP contribution is 2.15. The van der Waals surface area contributed by atoms with Crippen molar-refractivity contribution in [3.8, 4) is 0 Å². The third-order valence-corrected chi connectivity index (χ3v) is 2.28. The molecule has 0 saturated carbocycles. The van der Waals surface area contributed by atoms with Crippen molar-refractivity contribution in [1.82, 2.24) is 0 Å². The van der Waals surface area contributed by atoms with E-state index in [2.05, 4.69) is 20.8 Å². The van der Waals surface area contributed by atoms with Crippen LogP contribution in [0.3, 0.4) is 0 Å². The predicted octanol–water partition coefficient (Wildman–Crippen LogP) is 3.44. The van der Waals surface area contributed by atoms with Crippen molar-refractivity contribution in [3.63, 3.8) is 0 Å². The van der Waals surface area contributed by atoms with Crippen LogP contribution in [-0.2, 0) is 0 Å². The Morgan fingerprint density at radius 3 is 2.11 bits per heavy atom. The summed E-state index contributed by atoms with van der Waals surface area (Å²) in [6.07, 6.45) is 3.53. The molecule has 0 fully saturated rings. The second-order valence-electron chi connectivity index (χ2n) is 2.75. The van der Waals surface area contributed by atoms with Crippen molar-refractivity contribution in [3.05, 3.63) is 0 Å². The Balaban J connectivity index is 3.22. The van der Waals surface area contributed by atoms with E-state index in [0.717, 1.165) is 12.3 Å². The summed E-state index contributed by atoms with van der Waals surface area (Å²) in [6, 6.07) is 0. The minimum atomic E-state index is 0.403. The van der Waals surface area contributed by atoms with Gasteiger partial charge in [0.25, 0.3) is 0 Å². The summed E-state index contributed by atoms with van der Waals surface area (Å²) in [5, 5.41) is 0.403. The Morgan fingerprint density at radius 1 is 1.22 bits per heavy atom. The fraction of sp³-hybridized carbons (Fsp3) is 1.00. The number of halogens is 1. The third-order valence-electron chi connectivity index (χ3n) is 1.80. The van der Waals surface area contributed by atoms with E-state index >= 15 is 0 Å². The molecule has 0 nitrogen and oxygen atoms in total. The van der Waals surface area contributed by atoms with Crippen LogP contribution in [0.2, 0.25) is 0 Å². The lowest BCUT2D eigenvalue weighted by Crippen LogP contribution is -2.03. The van der Waals surface area contributed by atoms with Crippen molar-refractivity contribution >= 4 is 11.6 Å². The summed E-state index contributed by atoms with van der Waals surface area (Å²) in [4.78, 5) is 0. The monoisotopic (exact) mass is 148 g/mol. The van der Waals surface area contributed by atoms with Gasteiger partial charge in [0.1, 0.15) is 0 Å². The Morgan fingerprint density at radius 2 is 1.78 bits per heavy atom. The molecule has 0 heterocycles. The molecule has 0 radical (unpaired) electrons. The Labute approximate surface area is 63.6 Å². The van der Waals surface area contributed by atoms with Crippen LogP contribution in [0.5, 0.6) is 0 Å². The number of hydrogen-bond acceptors (Lipinski definition) is 0. The summed E-state index contributed by atoms with van der Waals surface area (Å²) in [5.74, 6) is 0.799. The molecule has 56 valence electrons. The lowest BCUT2D eigenvalue weighted by atomic mass is 10.0. The van der Waals surface area contributed by atoms with Crippen LogP contribution >= 0.6 is 11.6 Å². The van der Waals surface area contributed by atoms with Crippen LogP contribution in [0, 0.1) is 5.92 Å². The molecule has 0 amide bonds. The van der Waals surface area contributed by atoms with Gasteiger partial charge in [-0.15, -0.1) is 11.6 Å². The van der Waals surface area contributed by atoms with E-state index in [1.54, 1.807) is 0 Å². The predicted molar refractivity (Wildman–Crippen MR) is 44.0 cm³/mol. The van der Waals surface area contributed by atoms with Gasteiger partial charge in [0, 0.05) is 5.38 Å². The van der Waals surface area contributed by atoms with Gasteiger partial charge in [-0.3, -0.25) is 0 Å². The van der Waals surface area contributed by atoms with Crippen LogP contribution in [0.4, 0.5) is 0 Å². The molecule has 0 aliphatic carbocycles. The molecule has 9 heavy (non-hydrogen) atoms. The molecule has 2 unspecified atom stereocenters. The average Bonchev–Trinajstić information content (AvgIpc) is 1.87. The van der Waals surface area contributed by atoms with Crippen molar-refractivity contribution in [1.29, 1.82) is 0 Å². The van der Waals surface area contributed by atoms with Gasteiger partial charge in [0.15, 0.2) is 0 Å². The zero-order chi connectivity index (χ0) is 7.28. The Bertz CT molecular complexity index is 53.6. The number of rotatable bonds is 4. The number of hydrogen-bond donors (Lipinski definition) is 0. The highest BCUT2D eigenvalue weighted by molar-refractivity contribution is 6.20. The highest BCUT2D eigenvalue weighted by atomic mass is 35.5. The second kappa shape index (κ2) is 5.10. The number of alkyl halides is 1. The lowest BCUT2D eigenvalue weighted by molar-refractivity contribution is 0.496. The van der Waals surface area contributed by atoms with E-state index in [1.807, 2.05) is 0 Å². The smallest absolute Gasteiger partial charge is 0.0336 e. The molecule has 0 aromatic carbocycles. The largest absolute Gasteiger partial charge is 0.123 e. The molecule has 0 saturated heterocycles. The van der Waals surface area contributed by atoms with Gasteiger partial charge in [-0.25, -0.2) is 0 Å². The average molecular weight is 149 g/mol. The summed E-state index contributed by atoms with van der Waals surface area (Å²) in [6.45, 7) is 6.61. The van der Waals surface area contributed by atoms with Crippen molar-refractivity contribution < 1.29 is 0 Å². The maximum Gasteiger partial charge on any atom is 0.0336 e. The minimum absolute atomic E-state index is 0.403. The first-order valence-electron chi connectivity index (χ1n) is 3.84. The van der Waals surface area contributed by atoms with Gasteiger partial charge in [0.2, 0.25) is 0 Å². The van der Waals surface area contributed by atoms with Gasteiger partial charge in [-0.05, 0) is 18.8 Å². The van der Waals surface area contributed by atoms with Gasteiger partial charge >= 0.3 is 0 Å². The molecule has 2 atom stereocenters. The molecule has 0 aromatic heterocycles. The quantitative estimate of drug-likeness (QED) is 0.536. The highest BCUT2D eigenvalue weighted by Gasteiger charge is 2.05. The molecular formula is C8H17Cl. The van der Waals surface area contributed by atoms with Crippen LogP contribution in [0.15, 0.2) is 0 Å². The fourth-order valence-electron chi connectivity index (χ4n) is 0.770. The second-order valence-corrected chi connectivity index (χ2v) is 3.37. The Hall–Kier alpha value is 0.290. The topological polar surface area (TPSA) is 0 Å². The molecule has 0 aliphatic rings. The molecule has 0 N–H and O–H groups in total. The third kappa shape index (κ3) is 4.77. The molecule has 0 aromatic rings. The standard InChI is InChI=1S/C8H17Cl/c1-4-7(3)6-8(9)5-2/h7-8H,4-6H2,1-3H3. The van der Waals surface area contributed by atoms with Gasteiger partial charge < -0.3 is 0 Å². The van der Waals surface area contributed by atoms with Crippen molar-refractivity contribution in [2.75, 3.05) is 0 Å². The summed E-state index contributed by atoms with van der Waals surface area (Å²) < 4.78 is 0. The van der Waals surface area contributed by atoms with E-state index < -0.39 is 0 Å². The first-order valence-corrected chi connectivity index (χ1v) is 4.28. The molecule has 1 heteroatoms. The Kier molecular flexibility index (Phi) is 5.27. The van der Waals surface area contributed by atoms with Gasteiger partial charge in [-0.2, -0.15) is 0 Å². The van der Waals surface area contributed by atoms with Crippen molar-refractivity contribution in [2.45, 2.75) is 45.4 Å². The molecule has 0 bridgehead atoms. The van der Waals surface area contributed by atoms with E-state index in [1.165, 1.54) is 12.8 Å². The van der Waals surface area contributed by atoms with E-state index in [9.17, 15) is 0 Å². The zero-order valence-electron chi connectivity index (χ0n) is 6.65. The van der Waals surface area contributed by atoms with Gasteiger partial charge in [-0.1, -0.05) is 27.2 Å². The summed E-state index contributed by atoms with van der Waals surface area (Å²) in [7, 11) is 0. The first kappa shape index (κ1) is 9.29. The molecule has 0 rings (SSSR count). The molecule has 0 spiro atoms. The minimum Gasteiger partial charge on any atom is -0.123 e. The van der Waals surface area contributed by atoms with Crippen LogP contribution < -0.4 is 0 Å². The normalized spacial score (nSPS) is 17.3. The summed E-state index contributed by atoms with van der Waals surface area (Å²) >= 11 is 5.94. The molecular weight excluding hydrogens is 132 g/mol. The zero-order valence-corrected chi connectivity index (χ0v) is 7.41. The first-order chi connectivity index (χ1) is 4.20. The summed E-state index contributed by atoms with van der Waals surface area (Å²) in [5.41, 5.74) is 0. The molecule has 0 aliphatic heterocycles. The maximum atomic E-state index is 5.94. The van der Waals surface area contributed by atoms with Crippen LogP contribution in [0.25, 0.3) is 0 Å². The fourth-order valence-corrected chi connectivity index (χ4v) is 1.07. The van der Waals surface area contributed by atoms with Crippen LogP contribution in [0.1, 0.15) is 40.0 Å². The van der Waals surface area contributed by atoms with Crippen LogP contribution in [-0.4, -0.2) is 5.38 Å². The van der Waals surface area contributed by atoms with E-state index in [0.29, 0.717) is 5.38 Å². The van der Waals surface area contributed by atoms with Crippen molar-refractivity contribution in [2.24, 2.45) is 5.92 Å². The maximum absolute atomic E-state index is 5.94.